The van der Waals surface area contributed by atoms with Gasteiger partial charge in [0.15, 0.2) is 0 Å². The normalized spacial score (nSPS) is 12.2. The molecule has 0 radical (unpaired) electrons. The minimum Gasteiger partial charge on any atom is -0.232 e. The molecule has 3 nitrogen and oxygen atoms in total. The van der Waals surface area contributed by atoms with Crippen molar-refractivity contribution >= 4 is 17.6 Å². The minimum atomic E-state index is -0.272. The summed E-state index contributed by atoms with van der Waals surface area (Å²) >= 11 is 0. The van der Waals surface area contributed by atoms with Gasteiger partial charge in [0.2, 0.25) is 6.08 Å². The summed E-state index contributed by atoms with van der Waals surface area (Å²) in [6.45, 7) is 9.91. The zero-order valence-corrected chi connectivity index (χ0v) is 11.0. The molecular formula is C14H18N2O. The lowest BCUT2D eigenvalue weighted by Gasteiger charge is -2.17. The topological polar surface area (TPSA) is 41.8 Å². The first-order valence-corrected chi connectivity index (χ1v) is 5.59. The molecule has 0 atom stereocenters. The fourth-order valence-electron chi connectivity index (χ4n) is 1.49. The monoisotopic (exact) mass is 230 g/mol. The van der Waals surface area contributed by atoms with Crippen LogP contribution in [0.4, 0.5) is 5.69 Å². The van der Waals surface area contributed by atoms with Gasteiger partial charge in [0.05, 0.1) is 5.69 Å². The second kappa shape index (κ2) is 5.07. The first-order valence-electron chi connectivity index (χ1n) is 5.59. The number of rotatable bonds is 1. The van der Waals surface area contributed by atoms with Crippen LogP contribution in [0.15, 0.2) is 28.2 Å². The van der Waals surface area contributed by atoms with Crippen molar-refractivity contribution in [1.82, 2.24) is 0 Å². The summed E-state index contributed by atoms with van der Waals surface area (Å²) in [6.07, 6.45) is 1.58. The molecule has 0 saturated carbocycles. The van der Waals surface area contributed by atoms with Crippen molar-refractivity contribution in [2.45, 2.75) is 34.6 Å². The van der Waals surface area contributed by atoms with E-state index >= 15 is 0 Å². The average Bonchev–Trinajstić information content (AvgIpc) is 2.20. The van der Waals surface area contributed by atoms with Crippen molar-refractivity contribution < 1.29 is 4.79 Å². The van der Waals surface area contributed by atoms with E-state index in [9.17, 15) is 4.79 Å². The molecule has 0 saturated heterocycles. The lowest BCUT2D eigenvalue weighted by molar-refractivity contribution is 0.559. The van der Waals surface area contributed by atoms with Crippen LogP contribution in [0.5, 0.6) is 0 Å². The standard InChI is InChI=1S/C14H18N2O/c1-10-7-6-8-11(2)12(10)16-13(15-9-17)14(3,4)5/h6-8H,1-5H3. The number of hydrogen-bond acceptors (Lipinski definition) is 2. The van der Waals surface area contributed by atoms with Crippen molar-refractivity contribution in [2.24, 2.45) is 15.4 Å². The Morgan fingerprint density at radius 1 is 1.18 bits per heavy atom. The number of aliphatic imine (C=N–C) groups is 2. The molecule has 0 bridgehead atoms. The Balaban J connectivity index is 3.37. The first-order chi connectivity index (χ1) is 7.86. The van der Waals surface area contributed by atoms with Gasteiger partial charge in [-0.1, -0.05) is 39.0 Å². The number of benzene rings is 1. The molecule has 0 aromatic heterocycles. The van der Waals surface area contributed by atoms with Gasteiger partial charge in [-0.25, -0.2) is 9.79 Å². The van der Waals surface area contributed by atoms with Gasteiger partial charge in [-0.3, -0.25) is 0 Å². The van der Waals surface area contributed by atoms with E-state index < -0.39 is 0 Å². The van der Waals surface area contributed by atoms with Crippen LogP contribution in [0, 0.1) is 19.3 Å². The molecule has 3 heteroatoms. The Morgan fingerprint density at radius 3 is 2.12 bits per heavy atom. The third-order valence-electron chi connectivity index (χ3n) is 2.48. The summed E-state index contributed by atoms with van der Waals surface area (Å²) in [6, 6.07) is 5.98. The van der Waals surface area contributed by atoms with Gasteiger partial charge < -0.3 is 0 Å². The molecule has 0 heterocycles. The van der Waals surface area contributed by atoms with Gasteiger partial charge in [0.25, 0.3) is 0 Å². The Labute approximate surface area is 102 Å². The third-order valence-corrected chi connectivity index (χ3v) is 2.48. The van der Waals surface area contributed by atoms with Gasteiger partial charge in [0.1, 0.15) is 5.84 Å². The zero-order valence-electron chi connectivity index (χ0n) is 11.0. The Kier molecular flexibility index (Phi) is 3.97. The smallest absolute Gasteiger partial charge is 0.232 e. The highest BCUT2D eigenvalue weighted by Crippen LogP contribution is 2.27. The molecule has 0 N–H and O–H groups in total. The van der Waals surface area contributed by atoms with Gasteiger partial charge in [0, 0.05) is 5.41 Å². The summed E-state index contributed by atoms with van der Waals surface area (Å²) in [7, 11) is 0. The lowest BCUT2D eigenvalue weighted by Crippen LogP contribution is -2.17. The highest BCUT2D eigenvalue weighted by molar-refractivity contribution is 5.93. The summed E-state index contributed by atoms with van der Waals surface area (Å²) in [5, 5.41) is 0. The van der Waals surface area contributed by atoms with Gasteiger partial charge in [-0.2, -0.15) is 4.99 Å². The maximum absolute atomic E-state index is 10.4. The van der Waals surface area contributed by atoms with E-state index in [0.717, 1.165) is 16.8 Å². The molecule has 0 fully saturated rings. The lowest BCUT2D eigenvalue weighted by atomic mass is 9.95. The molecular weight excluding hydrogens is 212 g/mol. The van der Waals surface area contributed by atoms with Gasteiger partial charge >= 0.3 is 0 Å². The summed E-state index contributed by atoms with van der Waals surface area (Å²) < 4.78 is 0. The van der Waals surface area contributed by atoms with Gasteiger partial charge in [-0.15, -0.1) is 0 Å². The molecule has 0 unspecified atom stereocenters. The Hall–Kier alpha value is -1.73. The number of isocyanates is 1. The number of carbonyl (C=O) groups excluding carboxylic acids is 1. The summed E-state index contributed by atoms with van der Waals surface area (Å²) in [5.74, 6) is 0.505. The molecule has 1 aromatic carbocycles. The third kappa shape index (κ3) is 3.36. The van der Waals surface area contributed by atoms with E-state index in [0.29, 0.717) is 5.84 Å². The molecule has 1 rings (SSSR count). The average molecular weight is 230 g/mol. The van der Waals surface area contributed by atoms with Crippen molar-refractivity contribution in [1.29, 1.82) is 0 Å². The largest absolute Gasteiger partial charge is 0.241 e. The van der Waals surface area contributed by atoms with Crippen LogP contribution in [0.1, 0.15) is 31.9 Å². The molecule has 90 valence electrons. The second-order valence-electron chi connectivity index (χ2n) is 5.13. The fourth-order valence-corrected chi connectivity index (χ4v) is 1.49. The quantitative estimate of drug-likeness (QED) is 0.412. The Bertz CT molecular complexity index is 469. The summed E-state index contributed by atoms with van der Waals surface area (Å²) in [4.78, 5) is 18.7. The van der Waals surface area contributed by atoms with E-state index in [4.69, 9.17) is 0 Å². The summed E-state index contributed by atoms with van der Waals surface area (Å²) in [5.41, 5.74) is 2.77. The molecule has 1 aromatic rings. The highest BCUT2D eigenvalue weighted by atomic mass is 16.1. The van der Waals surface area contributed by atoms with E-state index in [2.05, 4.69) is 9.98 Å². The van der Waals surface area contributed by atoms with Crippen molar-refractivity contribution in [3.05, 3.63) is 29.3 Å². The number of amidine groups is 1. The van der Waals surface area contributed by atoms with Crippen LogP contribution in [0.3, 0.4) is 0 Å². The maximum Gasteiger partial charge on any atom is 0.241 e. The number of aryl methyl sites for hydroxylation is 2. The zero-order chi connectivity index (χ0) is 13.1. The number of nitrogens with zero attached hydrogens (tertiary/aromatic N) is 2. The van der Waals surface area contributed by atoms with Crippen LogP contribution < -0.4 is 0 Å². The first kappa shape index (κ1) is 13.3. The highest BCUT2D eigenvalue weighted by Gasteiger charge is 2.19. The van der Waals surface area contributed by atoms with Crippen LogP contribution in [0.2, 0.25) is 0 Å². The van der Waals surface area contributed by atoms with E-state index in [1.54, 1.807) is 6.08 Å². The molecule has 0 aliphatic carbocycles. The predicted molar refractivity (Wildman–Crippen MR) is 70.6 cm³/mol. The van der Waals surface area contributed by atoms with Crippen LogP contribution in [-0.4, -0.2) is 11.9 Å². The SMILES string of the molecule is Cc1cccc(C)c1N=C(N=C=O)C(C)(C)C. The van der Waals surface area contributed by atoms with E-state index in [-0.39, 0.29) is 5.41 Å². The predicted octanol–water partition coefficient (Wildman–Crippen LogP) is 3.72. The number of hydrogen-bond donors (Lipinski definition) is 0. The minimum absolute atomic E-state index is 0.272. The van der Waals surface area contributed by atoms with Gasteiger partial charge in [-0.05, 0) is 25.0 Å². The van der Waals surface area contributed by atoms with Crippen molar-refractivity contribution in [2.75, 3.05) is 0 Å². The fraction of sp³-hybridized carbons (Fsp3) is 0.429. The second-order valence-corrected chi connectivity index (χ2v) is 5.13. The molecule has 0 amide bonds. The van der Waals surface area contributed by atoms with Crippen molar-refractivity contribution in [3.63, 3.8) is 0 Å². The molecule has 0 spiro atoms. The molecule has 0 aliphatic heterocycles. The van der Waals surface area contributed by atoms with Crippen LogP contribution >= 0.6 is 0 Å². The maximum atomic E-state index is 10.4. The van der Waals surface area contributed by atoms with Crippen LogP contribution in [-0.2, 0) is 4.79 Å². The van der Waals surface area contributed by atoms with Crippen molar-refractivity contribution in [3.8, 4) is 0 Å². The van der Waals surface area contributed by atoms with E-state index in [1.807, 2.05) is 52.8 Å². The Morgan fingerprint density at radius 2 is 1.71 bits per heavy atom. The van der Waals surface area contributed by atoms with E-state index in [1.165, 1.54) is 0 Å². The molecule has 0 aliphatic rings. The van der Waals surface area contributed by atoms with Crippen LogP contribution in [0.25, 0.3) is 0 Å². The molecule has 17 heavy (non-hydrogen) atoms. The number of para-hydroxylation sites is 1.